The predicted octanol–water partition coefficient (Wildman–Crippen LogP) is 2.90. The number of amides is 1. The molecular formula is C16H22ClNO4. The normalized spacial score (nSPS) is 13.3. The Morgan fingerprint density at radius 1 is 1.36 bits per heavy atom. The van der Waals surface area contributed by atoms with E-state index in [-0.39, 0.29) is 18.2 Å². The molecule has 0 aliphatic carbocycles. The first-order chi connectivity index (χ1) is 10.4. The second-order valence-electron chi connectivity index (χ2n) is 5.11. The van der Waals surface area contributed by atoms with Crippen molar-refractivity contribution in [1.29, 1.82) is 0 Å². The van der Waals surface area contributed by atoms with Crippen molar-refractivity contribution < 1.29 is 19.4 Å². The van der Waals surface area contributed by atoms with Gasteiger partial charge in [-0.1, -0.05) is 44.0 Å². The van der Waals surface area contributed by atoms with Gasteiger partial charge >= 0.3 is 5.97 Å². The van der Waals surface area contributed by atoms with Crippen LogP contribution in [-0.2, 0) is 16.0 Å². The second-order valence-corrected chi connectivity index (χ2v) is 5.51. The third kappa shape index (κ3) is 4.91. The van der Waals surface area contributed by atoms with E-state index in [1.54, 1.807) is 25.1 Å². The number of carboxylic acids is 1. The number of benzene rings is 1. The Kier molecular flexibility index (Phi) is 7.18. The number of carbonyl (C=O) groups excluding carboxylic acids is 1. The topological polar surface area (TPSA) is 75.6 Å². The fourth-order valence-corrected chi connectivity index (χ4v) is 2.33. The molecule has 0 radical (unpaired) electrons. The summed E-state index contributed by atoms with van der Waals surface area (Å²) in [5, 5.41) is 12.2. The zero-order valence-electron chi connectivity index (χ0n) is 13.1. The maximum Gasteiger partial charge on any atom is 0.326 e. The van der Waals surface area contributed by atoms with E-state index in [1.807, 2.05) is 13.8 Å². The third-order valence-corrected chi connectivity index (χ3v) is 3.78. The number of halogens is 1. The highest BCUT2D eigenvalue weighted by molar-refractivity contribution is 6.32. The van der Waals surface area contributed by atoms with E-state index in [4.69, 9.17) is 16.3 Å². The molecular weight excluding hydrogens is 306 g/mol. The van der Waals surface area contributed by atoms with Gasteiger partial charge in [-0.3, -0.25) is 4.79 Å². The number of hydrogen-bond acceptors (Lipinski definition) is 3. The van der Waals surface area contributed by atoms with Crippen LogP contribution in [0.2, 0.25) is 5.02 Å². The lowest BCUT2D eigenvalue weighted by Gasteiger charge is -2.20. The van der Waals surface area contributed by atoms with Crippen LogP contribution >= 0.6 is 11.6 Å². The molecule has 0 aliphatic heterocycles. The maximum absolute atomic E-state index is 12.1. The van der Waals surface area contributed by atoms with Gasteiger partial charge in [0.2, 0.25) is 5.91 Å². The maximum atomic E-state index is 12.1. The van der Waals surface area contributed by atoms with Crippen LogP contribution in [0.25, 0.3) is 0 Å². The Hall–Kier alpha value is -1.75. The van der Waals surface area contributed by atoms with Gasteiger partial charge in [-0.15, -0.1) is 0 Å². The highest BCUT2D eigenvalue weighted by Crippen LogP contribution is 2.29. The van der Waals surface area contributed by atoms with Crippen molar-refractivity contribution in [2.24, 2.45) is 5.92 Å². The summed E-state index contributed by atoms with van der Waals surface area (Å²) in [7, 11) is 0. The standard InChI is InChI=1S/C16H22ClNO4/c1-4-10(3)14(16(20)21)18-13(19)9-11-7-6-8-12(17)15(11)22-5-2/h6-8,10,14H,4-5,9H2,1-3H3,(H,18,19)(H,20,21). The minimum atomic E-state index is -1.03. The number of ether oxygens (including phenoxy) is 1. The number of rotatable bonds is 8. The Morgan fingerprint density at radius 2 is 2.05 bits per heavy atom. The first-order valence-electron chi connectivity index (χ1n) is 7.33. The molecule has 0 aliphatic rings. The van der Waals surface area contributed by atoms with E-state index >= 15 is 0 Å². The van der Waals surface area contributed by atoms with Gasteiger partial charge in [-0.25, -0.2) is 4.79 Å². The number of aliphatic carboxylic acids is 1. The zero-order chi connectivity index (χ0) is 16.7. The molecule has 0 bridgehead atoms. The van der Waals surface area contributed by atoms with Crippen LogP contribution < -0.4 is 10.1 Å². The minimum absolute atomic E-state index is 0.0239. The molecule has 0 saturated heterocycles. The van der Waals surface area contributed by atoms with Crippen molar-refractivity contribution in [2.75, 3.05) is 6.61 Å². The lowest BCUT2D eigenvalue weighted by Crippen LogP contribution is -2.45. The average molecular weight is 328 g/mol. The van der Waals surface area contributed by atoms with Crippen molar-refractivity contribution in [1.82, 2.24) is 5.32 Å². The highest BCUT2D eigenvalue weighted by atomic mass is 35.5. The van der Waals surface area contributed by atoms with Crippen molar-refractivity contribution in [3.8, 4) is 5.75 Å². The summed E-state index contributed by atoms with van der Waals surface area (Å²) in [6.07, 6.45) is 0.689. The summed E-state index contributed by atoms with van der Waals surface area (Å²) >= 11 is 6.07. The second kappa shape index (κ2) is 8.63. The lowest BCUT2D eigenvalue weighted by atomic mass is 9.99. The van der Waals surface area contributed by atoms with Gasteiger partial charge in [-0.05, 0) is 18.9 Å². The fourth-order valence-electron chi connectivity index (χ4n) is 2.08. The number of hydrogen-bond donors (Lipinski definition) is 2. The van der Waals surface area contributed by atoms with E-state index in [9.17, 15) is 14.7 Å². The van der Waals surface area contributed by atoms with Gasteiger partial charge in [0.15, 0.2) is 0 Å². The van der Waals surface area contributed by atoms with E-state index < -0.39 is 12.0 Å². The molecule has 2 N–H and O–H groups in total. The molecule has 0 spiro atoms. The van der Waals surface area contributed by atoms with Crippen molar-refractivity contribution in [3.05, 3.63) is 28.8 Å². The molecule has 2 unspecified atom stereocenters. The number of carbonyl (C=O) groups is 2. The van der Waals surface area contributed by atoms with Crippen LogP contribution in [0.5, 0.6) is 5.75 Å². The number of carboxylic acid groups (broad SMARTS) is 1. The van der Waals surface area contributed by atoms with Crippen LogP contribution in [0.3, 0.4) is 0 Å². The summed E-state index contributed by atoms with van der Waals surface area (Å²) < 4.78 is 5.46. The SMILES string of the molecule is CCOc1c(Cl)cccc1CC(=O)NC(C(=O)O)C(C)CC. The zero-order valence-corrected chi connectivity index (χ0v) is 13.8. The summed E-state index contributed by atoms with van der Waals surface area (Å²) in [6, 6.07) is 4.27. The summed E-state index contributed by atoms with van der Waals surface area (Å²) in [5.74, 6) is -1.07. The molecule has 1 aromatic carbocycles. The van der Waals surface area contributed by atoms with Gasteiger partial charge in [0.25, 0.3) is 0 Å². The van der Waals surface area contributed by atoms with Crippen LogP contribution in [0.15, 0.2) is 18.2 Å². The van der Waals surface area contributed by atoms with Gasteiger partial charge in [0, 0.05) is 5.56 Å². The van der Waals surface area contributed by atoms with Crippen molar-refractivity contribution in [2.45, 2.75) is 39.7 Å². The van der Waals surface area contributed by atoms with Gasteiger partial charge in [0.1, 0.15) is 11.8 Å². The summed E-state index contributed by atoms with van der Waals surface area (Å²) in [6.45, 7) is 5.94. The molecule has 22 heavy (non-hydrogen) atoms. The van der Waals surface area contributed by atoms with Crippen molar-refractivity contribution >= 4 is 23.5 Å². The first-order valence-corrected chi connectivity index (χ1v) is 7.70. The smallest absolute Gasteiger partial charge is 0.326 e. The highest BCUT2D eigenvalue weighted by Gasteiger charge is 2.25. The predicted molar refractivity (Wildman–Crippen MR) is 85.3 cm³/mol. The average Bonchev–Trinajstić information content (AvgIpc) is 2.47. The van der Waals surface area contributed by atoms with Gasteiger partial charge in [0.05, 0.1) is 18.1 Å². The molecule has 122 valence electrons. The van der Waals surface area contributed by atoms with Crippen molar-refractivity contribution in [3.63, 3.8) is 0 Å². The molecule has 0 saturated carbocycles. The van der Waals surface area contributed by atoms with Gasteiger partial charge < -0.3 is 15.2 Å². The van der Waals surface area contributed by atoms with E-state index in [2.05, 4.69) is 5.32 Å². The van der Waals surface area contributed by atoms with Gasteiger partial charge in [-0.2, -0.15) is 0 Å². The van der Waals surface area contributed by atoms with E-state index in [1.165, 1.54) is 0 Å². The minimum Gasteiger partial charge on any atom is -0.492 e. The number of para-hydroxylation sites is 1. The van der Waals surface area contributed by atoms with Crippen LogP contribution in [-0.4, -0.2) is 29.6 Å². The van der Waals surface area contributed by atoms with E-state index in [0.29, 0.717) is 29.4 Å². The quantitative estimate of drug-likeness (QED) is 0.769. The molecule has 2 atom stereocenters. The summed E-state index contributed by atoms with van der Waals surface area (Å²) in [5.41, 5.74) is 0.639. The molecule has 0 fully saturated rings. The Bertz CT molecular complexity index is 533. The Balaban J connectivity index is 2.84. The van der Waals surface area contributed by atoms with E-state index in [0.717, 1.165) is 0 Å². The molecule has 1 amide bonds. The first kappa shape index (κ1) is 18.3. The third-order valence-electron chi connectivity index (χ3n) is 3.48. The van der Waals surface area contributed by atoms with Crippen LogP contribution in [0.1, 0.15) is 32.8 Å². The number of nitrogens with one attached hydrogen (secondary N) is 1. The monoisotopic (exact) mass is 327 g/mol. The largest absolute Gasteiger partial charge is 0.492 e. The molecule has 6 heteroatoms. The fraction of sp³-hybridized carbons (Fsp3) is 0.500. The molecule has 0 aromatic heterocycles. The van der Waals surface area contributed by atoms with Crippen LogP contribution in [0.4, 0.5) is 0 Å². The van der Waals surface area contributed by atoms with Crippen LogP contribution in [0, 0.1) is 5.92 Å². The lowest BCUT2D eigenvalue weighted by molar-refractivity contribution is -0.143. The molecule has 0 heterocycles. The Labute approximate surface area is 135 Å². The summed E-state index contributed by atoms with van der Waals surface area (Å²) in [4.78, 5) is 23.4. The molecule has 1 rings (SSSR count). The molecule has 5 nitrogen and oxygen atoms in total. The molecule has 1 aromatic rings. The Morgan fingerprint density at radius 3 is 2.59 bits per heavy atom.